The minimum atomic E-state index is -3.89. The number of hydrogen-bond donors (Lipinski definition) is 2. The highest BCUT2D eigenvalue weighted by Gasteiger charge is 2.15. The van der Waals surface area contributed by atoms with Crippen LogP contribution in [0.1, 0.15) is 37.0 Å². The van der Waals surface area contributed by atoms with Crippen molar-refractivity contribution in [3.05, 3.63) is 28.8 Å². The molecule has 0 atom stereocenters. The lowest BCUT2D eigenvalue weighted by atomic mass is 10.1. The van der Waals surface area contributed by atoms with Crippen LogP contribution in [0.4, 0.5) is 0 Å². The molecule has 0 heterocycles. The normalized spacial score (nSPS) is 11.6. The summed E-state index contributed by atoms with van der Waals surface area (Å²) in [5, 5.41) is 7.99. The predicted octanol–water partition coefficient (Wildman–Crippen LogP) is 1.91. The van der Waals surface area contributed by atoms with E-state index in [1.165, 1.54) is 18.2 Å². The van der Waals surface area contributed by atoms with Crippen molar-refractivity contribution in [1.29, 1.82) is 0 Å². The van der Waals surface area contributed by atoms with E-state index >= 15 is 0 Å². The Balaban J connectivity index is 3.08. The fraction of sp³-hybridized carbons (Fsp3) is 0.417. The molecule has 1 amide bonds. The Labute approximate surface area is 118 Å². The summed E-state index contributed by atoms with van der Waals surface area (Å²) in [4.78, 5) is 11.8. The largest absolute Gasteiger partial charge is 0.349 e. The van der Waals surface area contributed by atoms with Gasteiger partial charge in [-0.15, -0.1) is 0 Å². The summed E-state index contributed by atoms with van der Waals surface area (Å²) in [6.07, 6.45) is 1.59. The third-order valence-corrected chi connectivity index (χ3v) is 3.89. The van der Waals surface area contributed by atoms with E-state index in [0.717, 1.165) is 12.8 Å². The molecule has 1 aromatic rings. The number of rotatable bonds is 5. The van der Waals surface area contributed by atoms with Gasteiger partial charge in [0, 0.05) is 16.6 Å². The molecule has 0 spiro atoms. The fourth-order valence-corrected chi connectivity index (χ4v) is 2.50. The third-order valence-electron chi connectivity index (χ3n) is 2.78. The number of carbonyl (C=O) groups is 1. The van der Waals surface area contributed by atoms with Gasteiger partial charge in [0.15, 0.2) is 0 Å². The van der Waals surface area contributed by atoms with E-state index in [-0.39, 0.29) is 27.4 Å². The number of benzene rings is 1. The Hall–Kier alpha value is -1.11. The van der Waals surface area contributed by atoms with Crippen molar-refractivity contribution >= 4 is 27.5 Å². The molecule has 0 aliphatic carbocycles. The highest BCUT2D eigenvalue weighted by Crippen LogP contribution is 2.18. The summed E-state index contributed by atoms with van der Waals surface area (Å²) in [5.41, 5.74) is 0.184. The smallest absolute Gasteiger partial charge is 0.251 e. The van der Waals surface area contributed by atoms with Gasteiger partial charge in [-0.2, -0.15) is 0 Å². The Morgan fingerprint density at radius 1 is 1.32 bits per heavy atom. The van der Waals surface area contributed by atoms with Crippen LogP contribution in [0.5, 0.6) is 0 Å². The minimum absolute atomic E-state index is 0.0458. The van der Waals surface area contributed by atoms with Crippen molar-refractivity contribution in [1.82, 2.24) is 5.32 Å². The lowest BCUT2D eigenvalue weighted by molar-refractivity contribution is 0.0934. The number of carbonyl (C=O) groups excluding carboxylic acids is 1. The maximum absolute atomic E-state index is 12.0. The predicted molar refractivity (Wildman–Crippen MR) is 74.7 cm³/mol. The van der Waals surface area contributed by atoms with Gasteiger partial charge in [-0.3, -0.25) is 4.79 Å². The van der Waals surface area contributed by atoms with Crippen LogP contribution in [-0.4, -0.2) is 20.4 Å². The van der Waals surface area contributed by atoms with E-state index < -0.39 is 10.0 Å². The molecular formula is C12H17ClN2O3S. The average Bonchev–Trinajstić information content (AvgIpc) is 2.33. The van der Waals surface area contributed by atoms with Crippen molar-refractivity contribution < 1.29 is 13.2 Å². The number of nitrogens with one attached hydrogen (secondary N) is 1. The molecule has 0 unspecified atom stereocenters. The summed E-state index contributed by atoms with van der Waals surface area (Å²) < 4.78 is 22.6. The van der Waals surface area contributed by atoms with Gasteiger partial charge in [0.25, 0.3) is 5.91 Å². The zero-order valence-electron chi connectivity index (χ0n) is 10.8. The summed E-state index contributed by atoms with van der Waals surface area (Å²) in [7, 11) is -3.89. The second-order valence-electron chi connectivity index (χ2n) is 4.21. The summed E-state index contributed by atoms with van der Waals surface area (Å²) in [5.74, 6) is -0.360. The molecule has 3 N–H and O–H groups in total. The van der Waals surface area contributed by atoms with Crippen LogP contribution < -0.4 is 10.5 Å². The SMILES string of the molecule is CCC(CC)NC(=O)c1cc(Cl)cc(S(N)(=O)=O)c1. The van der Waals surface area contributed by atoms with Crippen LogP contribution in [0, 0.1) is 0 Å². The zero-order chi connectivity index (χ0) is 14.6. The van der Waals surface area contributed by atoms with Gasteiger partial charge in [0.2, 0.25) is 10.0 Å². The number of sulfonamides is 1. The molecule has 0 saturated heterocycles. The molecule has 0 aliphatic rings. The third kappa shape index (κ3) is 4.49. The van der Waals surface area contributed by atoms with E-state index in [1.54, 1.807) is 0 Å². The summed E-state index contributed by atoms with van der Waals surface area (Å²) >= 11 is 5.80. The second kappa shape index (κ2) is 6.36. The van der Waals surface area contributed by atoms with Crippen molar-refractivity contribution in [3.8, 4) is 0 Å². The maximum atomic E-state index is 12.0. The molecule has 106 valence electrons. The second-order valence-corrected chi connectivity index (χ2v) is 6.21. The van der Waals surface area contributed by atoms with Crippen LogP contribution in [-0.2, 0) is 10.0 Å². The maximum Gasteiger partial charge on any atom is 0.251 e. The Morgan fingerprint density at radius 2 is 1.89 bits per heavy atom. The molecule has 0 saturated carbocycles. The molecular weight excluding hydrogens is 288 g/mol. The number of halogens is 1. The number of hydrogen-bond acceptors (Lipinski definition) is 3. The average molecular weight is 305 g/mol. The molecule has 5 nitrogen and oxygen atoms in total. The molecule has 7 heteroatoms. The van der Waals surface area contributed by atoms with E-state index in [1.807, 2.05) is 13.8 Å². The highest BCUT2D eigenvalue weighted by atomic mass is 35.5. The van der Waals surface area contributed by atoms with E-state index in [4.69, 9.17) is 16.7 Å². The van der Waals surface area contributed by atoms with Gasteiger partial charge in [-0.05, 0) is 31.0 Å². The molecule has 0 aromatic heterocycles. The van der Waals surface area contributed by atoms with Crippen LogP contribution in [0.25, 0.3) is 0 Å². The Bertz CT molecular complexity index is 568. The van der Waals surface area contributed by atoms with Gasteiger partial charge in [-0.25, -0.2) is 13.6 Å². The summed E-state index contributed by atoms with van der Waals surface area (Å²) in [6, 6.07) is 3.89. The van der Waals surface area contributed by atoms with Crippen molar-refractivity contribution in [3.63, 3.8) is 0 Å². The first-order valence-electron chi connectivity index (χ1n) is 5.92. The highest BCUT2D eigenvalue weighted by molar-refractivity contribution is 7.89. The van der Waals surface area contributed by atoms with E-state index in [2.05, 4.69) is 5.32 Å². The summed E-state index contributed by atoms with van der Waals surface area (Å²) in [6.45, 7) is 3.92. The van der Waals surface area contributed by atoms with Crippen molar-refractivity contribution in [2.75, 3.05) is 0 Å². The molecule has 0 bridgehead atoms. The van der Waals surface area contributed by atoms with E-state index in [0.29, 0.717) is 0 Å². The molecule has 19 heavy (non-hydrogen) atoms. The standard InChI is InChI=1S/C12H17ClN2O3S/c1-3-10(4-2)15-12(16)8-5-9(13)7-11(6-8)19(14,17)18/h5-7,10H,3-4H2,1-2H3,(H,15,16)(H2,14,17,18). The first-order chi connectivity index (χ1) is 8.77. The number of primary sulfonamides is 1. The molecule has 1 rings (SSSR count). The van der Waals surface area contributed by atoms with Gasteiger partial charge >= 0.3 is 0 Å². The number of nitrogens with two attached hydrogens (primary N) is 1. The molecule has 0 radical (unpaired) electrons. The van der Waals surface area contributed by atoms with Gasteiger partial charge in [-0.1, -0.05) is 25.4 Å². The zero-order valence-corrected chi connectivity index (χ0v) is 12.4. The van der Waals surface area contributed by atoms with Crippen LogP contribution in [0.3, 0.4) is 0 Å². The lowest BCUT2D eigenvalue weighted by Gasteiger charge is -2.15. The minimum Gasteiger partial charge on any atom is -0.349 e. The van der Waals surface area contributed by atoms with Crippen LogP contribution in [0.15, 0.2) is 23.1 Å². The van der Waals surface area contributed by atoms with Gasteiger partial charge in [0.1, 0.15) is 0 Å². The number of amides is 1. The van der Waals surface area contributed by atoms with E-state index in [9.17, 15) is 13.2 Å². The van der Waals surface area contributed by atoms with Crippen molar-refractivity contribution in [2.45, 2.75) is 37.6 Å². The molecule has 0 aliphatic heterocycles. The molecule has 1 aromatic carbocycles. The monoisotopic (exact) mass is 304 g/mol. The van der Waals surface area contributed by atoms with Crippen LogP contribution >= 0.6 is 11.6 Å². The Kier molecular flexibility index (Phi) is 5.34. The van der Waals surface area contributed by atoms with Crippen molar-refractivity contribution in [2.24, 2.45) is 5.14 Å². The van der Waals surface area contributed by atoms with Gasteiger partial charge in [0.05, 0.1) is 4.90 Å². The topological polar surface area (TPSA) is 89.3 Å². The first kappa shape index (κ1) is 15.9. The first-order valence-corrected chi connectivity index (χ1v) is 7.84. The Morgan fingerprint density at radius 3 is 2.37 bits per heavy atom. The quantitative estimate of drug-likeness (QED) is 0.870. The lowest BCUT2D eigenvalue weighted by Crippen LogP contribution is -2.33. The fourth-order valence-electron chi connectivity index (χ4n) is 1.62. The van der Waals surface area contributed by atoms with Crippen LogP contribution in [0.2, 0.25) is 5.02 Å². The van der Waals surface area contributed by atoms with Gasteiger partial charge < -0.3 is 5.32 Å². The molecule has 0 fully saturated rings.